The third kappa shape index (κ3) is 3.00. The zero-order valence-corrected chi connectivity index (χ0v) is 11.7. The summed E-state index contributed by atoms with van der Waals surface area (Å²) < 4.78 is 1.89. The normalized spacial score (nSPS) is 10.9. The number of nitrogens with two attached hydrogens (primary N) is 1. The van der Waals surface area contributed by atoms with E-state index in [9.17, 15) is 0 Å². The Morgan fingerprint density at radius 2 is 2.00 bits per heavy atom. The van der Waals surface area contributed by atoms with Crippen LogP contribution in [-0.4, -0.2) is 32.8 Å². The number of hydrogen-bond donors (Lipinski definition) is 2. The predicted molar refractivity (Wildman–Crippen MR) is 83.0 cm³/mol. The Bertz CT molecular complexity index is 707. The maximum absolute atomic E-state index is 5.51. The van der Waals surface area contributed by atoms with Gasteiger partial charge >= 0.3 is 0 Å². The summed E-state index contributed by atoms with van der Waals surface area (Å²) in [6.45, 7) is 2.16. The zero-order chi connectivity index (χ0) is 14.5. The quantitative estimate of drug-likeness (QED) is 0.672. The monoisotopic (exact) mass is 282 g/mol. The zero-order valence-electron chi connectivity index (χ0n) is 11.7. The highest BCUT2D eigenvalue weighted by Gasteiger charge is 2.09. The Kier molecular flexibility index (Phi) is 4.07. The topological polar surface area (TPSA) is 81.7 Å². The van der Waals surface area contributed by atoms with Crippen LogP contribution in [0.3, 0.4) is 0 Å². The van der Waals surface area contributed by atoms with E-state index in [1.165, 1.54) is 5.56 Å². The van der Waals surface area contributed by atoms with E-state index >= 15 is 0 Å². The number of anilines is 1. The van der Waals surface area contributed by atoms with Gasteiger partial charge in [-0.1, -0.05) is 30.3 Å². The first-order valence-electron chi connectivity index (χ1n) is 7.03. The molecular weight excluding hydrogens is 264 g/mol. The van der Waals surface area contributed by atoms with Crippen LogP contribution in [0.5, 0.6) is 0 Å². The van der Waals surface area contributed by atoms with Gasteiger partial charge in [0.05, 0.1) is 18.1 Å². The lowest BCUT2D eigenvalue weighted by atomic mass is 10.2. The van der Waals surface area contributed by atoms with Crippen LogP contribution >= 0.6 is 0 Å². The molecule has 1 aromatic carbocycles. The van der Waals surface area contributed by atoms with Gasteiger partial charge in [-0.25, -0.2) is 14.6 Å². The number of fused-ring (bicyclic) bond motifs is 1. The van der Waals surface area contributed by atoms with Crippen molar-refractivity contribution in [2.45, 2.75) is 13.0 Å². The van der Waals surface area contributed by atoms with E-state index in [0.29, 0.717) is 13.1 Å². The molecule has 108 valence electrons. The van der Waals surface area contributed by atoms with Gasteiger partial charge in [-0.15, -0.1) is 0 Å². The summed E-state index contributed by atoms with van der Waals surface area (Å²) in [6, 6.07) is 10.2. The average molecular weight is 282 g/mol. The second kappa shape index (κ2) is 6.32. The Morgan fingerprint density at radius 3 is 2.81 bits per heavy atom. The van der Waals surface area contributed by atoms with E-state index in [-0.39, 0.29) is 0 Å². The first-order valence-corrected chi connectivity index (χ1v) is 7.03. The summed E-state index contributed by atoms with van der Waals surface area (Å²) in [5.74, 6) is 0.813. The lowest BCUT2D eigenvalue weighted by molar-refractivity contribution is 0.703. The van der Waals surface area contributed by atoms with Crippen molar-refractivity contribution >= 4 is 16.9 Å². The minimum Gasteiger partial charge on any atom is -0.369 e. The molecule has 0 spiro atoms. The SMILES string of the molecule is NCCCNc1ncnc2c1cnn2Cc1ccccc1. The summed E-state index contributed by atoms with van der Waals surface area (Å²) in [6.07, 6.45) is 4.28. The number of rotatable bonds is 6. The van der Waals surface area contributed by atoms with E-state index in [2.05, 4.69) is 32.5 Å². The molecular formula is C15H18N6. The van der Waals surface area contributed by atoms with E-state index in [1.807, 2.05) is 29.1 Å². The third-order valence-electron chi connectivity index (χ3n) is 3.28. The maximum atomic E-state index is 5.51. The molecule has 2 heterocycles. The van der Waals surface area contributed by atoms with E-state index in [1.54, 1.807) is 6.33 Å². The van der Waals surface area contributed by atoms with Crippen molar-refractivity contribution in [2.24, 2.45) is 5.73 Å². The first kappa shape index (κ1) is 13.5. The first-order chi connectivity index (χ1) is 10.4. The van der Waals surface area contributed by atoms with Crippen molar-refractivity contribution in [3.8, 4) is 0 Å². The largest absolute Gasteiger partial charge is 0.369 e. The molecule has 0 aliphatic rings. The molecule has 0 saturated carbocycles. The molecule has 3 aromatic rings. The number of nitrogens with one attached hydrogen (secondary N) is 1. The van der Waals surface area contributed by atoms with Crippen LogP contribution in [0.4, 0.5) is 5.82 Å². The predicted octanol–water partition coefficient (Wildman–Crippen LogP) is 1.64. The van der Waals surface area contributed by atoms with Crippen LogP contribution in [0.25, 0.3) is 11.0 Å². The van der Waals surface area contributed by atoms with Crippen LogP contribution in [0.1, 0.15) is 12.0 Å². The van der Waals surface area contributed by atoms with Crippen LogP contribution in [-0.2, 0) is 6.54 Å². The van der Waals surface area contributed by atoms with Crippen molar-refractivity contribution in [1.29, 1.82) is 0 Å². The van der Waals surface area contributed by atoms with Gasteiger partial charge in [0.1, 0.15) is 12.1 Å². The lowest BCUT2D eigenvalue weighted by Gasteiger charge is -2.06. The fraction of sp³-hybridized carbons (Fsp3) is 0.267. The standard InChI is InChI=1S/C15H18N6/c16-7-4-8-17-14-13-9-20-21(15(13)19-11-18-14)10-12-5-2-1-3-6-12/h1-3,5-6,9,11H,4,7-8,10,16H2,(H,17,18,19). The highest BCUT2D eigenvalue weighted by atomic mass is 15.3. The molecule has 21 heavy (non-hydrogen) atoms. The highest BCUT2D eigenvalue weighted by molar-refractivity contribution is 5.86. The average Bonchev–Trinajstić information content (AvgIpc) is 2.93. The van der Waals surface area contributed by atoms with Crippen molar-refractivity contribution < 1.29 is 0 Å². The molecule has 0 radical (unpaired) electrons. The molecule has 2 aromatic heterocycles. The summed E-state index contributed by atoms with van der Waals surface area (Å²) in [7, 11) is 0. The second-order valence-electron chi connectivity index (χ2n) is 4.82. The Labute approximate surface area is 123 Å². The van der Waals surface area contributed by atoms with Crippen molar-refractivity contribution in [1.82, 2.24) is 19.7 Å². The lowest BCUT2D eigenvalue weighted by Crippen LogP contribution is -2.10. The molecule has 0 amide bonds. The molecule has 6 nitrogen and oxygen atoms in total. The molecule has 3 N–H and O–H groups in total. The fourth-order valence-corrected chi connectivity index (χ4v) is 2.21. The smallest absolute Gasteiger partial charge is 0.163 e. The minimum atomic E-state index is 0.661. The van der Waals surface area contributed by atoms with Gasteiger partial charge in [-0.05, 0) is 18.5 Å². The van der Waals surface area contributed by atoms with Crippen molar-refractivity contribution in [3.05, 3.63) is 48.4 Å². The Morgan fingerprint density at radius 1 is 1.14 bits per heavy atom. The minimum absolute atomic E-state index is 0.661. The molecule has 0 aliphatic carbocycles. The number of nitrogens with zero attached hydrogens (tertiary/aromatic N) is 4. The Balaban J connectivity index is 1.86. The molecule has 0 unspecified atom stereocenters. The van der Waals surface area contributed by atoms with Crippen LogP contribution in [0, 0.1) is 0 Å². The number of hydrogen-bond acceptors (Lipinski definition) is 5. The van der Waals surface area contributed by atoms with Gasteiger partial charge in [-0.3, -0.25) is 0 Å². The summed E-state index contributed by atoms with van der Waals surface area (Å²) in [5.41, 5.74) is 7.54. The molecule has 6 heteroatoms. The van der Waals surface area contributed by atoms with Gasteiger partial charge in [0.2, 0.25) is 0 Å². The number of benzene rings is 1. The van der Waals surface area contributed by atoms with Crippen LogP contribution in [0.2, 0.25) is 0 Å². The van der Waals surface area contributed by atoms with E-state index < -0.39 is 0 Å². The van der Waals surface area contributed by atoms with Gasteiger partial charge in [0.25, 0.3) is 0 Å². The third-order valence-corrected chi connectivity index (χ3v) is 3.28. The summed E-state index contributed by atoms with van der Waals surface area (Å²) in [5, 5.41) is 8.65. The van der Waals surface area contributed by atoms with E-state index in [4.69, 9.17) is 5.73 Å². The molecule has 0 aliphatic heterocycles. The molecule has 0 fully saturated rings. The summed E-state index contributed by atoms with van der Waals surface area (Å²) >= 11 is 0. The maximum Gasteiger partial charge on any atom is 0.163 e. The van der Waals surface area contributed by atoms with Gasteiger partial charge in [-0.2, -0.15) is 5.10 Å². The number of aromatic nitrogens is 4. The molecule has 0 atom stereocenters. The molecule has 3 rings (SSSR count). The van der Waals surface area contributed by atoms with Crippen LogP contribution in [0.15, 0.2) is 42.9 Å². The van der Waals surface area contributed by atoms with Crippen LogP contribution < -0.4 is 11.1 Å². The van der Waals surface area contributed by atoms with Gasteiger partial charge in [0.15, 0.2) is 5.65 Å². The fourth-order valence-electron chi connectivity index (χ4n) is 2.21. The van der Waals surface area contributed by atoms with Gasteiger partial charge < -0.3 is 11.1 Å². The second-order valence-corrected chi connectivity index (χ2v) is 4.82. The van der Waals surface area contributed by atoms with Crippen molar-refractivity contribution in [3.63, 3.8) is 0 Å². The van der Waals surface area contributed by atoms with Crippen molar-refractivity contribution in [2.75, 3.05) is 18.4 Å². The van der Waals surface area contributed by atoms with E-state index in [0.717, 1.165) is 29.8 Å². The summed E-state index contributed by atoms with van der Waals surface area (Å²) in [4.78, 5) is 8.63. The Hall–Kier alpha value is -2.47. The molecule has 0 bridgehead atoms. The van der Waals surface area contributed by atoms with Gasteiger partial charge in [0, 0.05) is 6.54 Å². The highest BCUT2D eigenvalue weighted by Crippen LogP contribution is 2.19. The molecule has 0 saturated heterocycles.